The third-order valence-electron chi connectivity index (χ3n) is 5.85. The fraction of sp³-hybridized carbons (Fsp3) is 0.409. The predicted molar refractivity (Wildman–Crippen MR) is 102 cm³/mol. The third-order valence-corrected chi connectivity index (χ3v) is 5.85. The van der Waals surface area contributed by atoms with Crippen LogP contribution >= 0.6 is 0 Å². The van der Waals surface area contributed by atoms with E-state index in [0.29, 0.717) is 18.6 Å². The number of phenolic OH excluding ortho intramolecular Hbond substituents is 1. The Morgan fingerprint density at radius 3 is 2.65 bits per heavy atom. The molecule has 1 amide bonds. The Kier molecular flexibility index (Phi) is 4.93. The second-order valence-corrected chi connectivity index (χ2v) is 7.42. The van der Waals surface area contributed by atoms with Crippen molar-refractivity contribution in [1.29, 1.82) is 0 Å². The van der Waals surface area contributed by atoms with Crippen LogP contribution in [0.4, 0.5) is 0 Å². The summed E-state index contributed by atoms with van der Waals surface area (Å²) in [7, 11) is 0. The van der Waals surface area contributed by atoms with E-state index in [4.69, 9.17) is 0 Å². The first-order valence-corrected chi connectivity index (χ1v) is 9.58. The highest BCUT2D eigenvalue weighted by Crippen LogP contribution is 2.44. The first-order chi connectivity index (χ1) is 12.7. The molecule has 4 nitrogen and oxygen atoms in total. The molecule has 2 aliphatic rings. The summed E-state index contributed by atoms with van der Waals surface area (Å²) in [5.74, 6) is 0.554. The van der Waals surface area contributed by atoms with Crippen molar-refractivity contribution in [3.05, 3.63) is 65.7 Å². The predicted octanol–water partition coefficient (Wildman–Crippen LogP) is 3.28. The van der Waals surface area contributed by atoms with Crippen LogP contribution in [-0.4, -0.2) is 35.0 Å². The molecule has 0 unspecified atom stereocenters. The van der Waals surface area contributed by atoms with Gasteiger partial charge < -0.3 is 10.4 Å². The molecule has 2 saturated heterocycles. The van der Waals surface area contributed by atoms with Crippen molar-refractivity contribution < 1.29 is 9.90 Å². The summed E-state index contributed by atoms with van der Waals surface area (Å²) >= 11 is 0. The molecule has 2 heterocycles. The minimum atomic E-state index is 0.0857. The van der Waals surface area contributed by atoms with Gasteiger partial charge in [0.15, 0.2) is 0 Å². The van der Waals surface area contributed by atoms with Crippen LogP contribution in [0.2, 0.25) is 0 Å². The van der Waals surface area contributed by atoms with Gasteiger partial charge in [0.2, 0.25) is 5.91 Å². The van der Waals surface area contributed by atoms with Crippen molar-refractivity contribution in [2.24, 2.45) is 5.92 Å². The highest BCUT2D eigenvalue weighted by Gasteiger charge is 2.46. The molecular formula is C22H26N2O2. The monoisotopic (exact) mass is 350 g/mol. The molecule has 0 radical (unpaired) electrons. The number of benzene rings is 2. The van der Waals surface area contributed by atoms with E-state index in [0.717, 1.165) is 31.4 Å². The number of carbonyl (C=O) groups excluding carboxylic acids is 1. The lowest BCUT2D eigenvalue weighted by atomic mass is 9.93. The van der Waals surface area contributed by atoms with Gasteiger partial charge >= 0.3 is 0 Å². The van der Waals surface area contributed by atoms with Gasteiger partial charge in [-0.15, -0.1) is 0 Å². The number of phenols is 1. The Morgan fingerprint density at radius 2 is 1.88 bits per heavy atom. The van der Waals surface area contributed by atoms with Gasteiger partial charge in [0.25, 0.3) is 0 Å². The van der Waals surface area contributed by atoms with Gasteiger partial charge in [-0.05, 0) is 55.5 Å². The molecule has 0 bridgehead atoms. The Labute approximate surface area is 154 Å². The lowest BCUT2D eigenvalue weighted by Gasteiger charge is -2.24. The highest BCUT2D eigenvalue weighted by atomic mass is 16.3. The number of hydrogen-bond acceptors (Lipinski definition) is 3. The van der Waals surface area contributed by atoms with Gasteiger partial charge in [-0.2, -0.15) is 0 Å². The molecule has 2 aromatic carbocycles. The van der Waals surface area contributed by atoms with Crippen molar-refractivity contribution in [1.82, 2.24) is 10.2 Å². The Morgan fingerprint density at radius 1 is 1.12 bits per heavy atom. The molecule has 0 aromatic heterocycles. The molecule has 136 valence electrons. The summed E-state index contributed by atoms with van der Waals surface area (Å²) in [6.45, 7) is 1.74. The average molecular weight is 350 g/mol. The largest absolute Gasteiger partial charge is 0.508 e. The van der Waals surface area contributed by atoms with Crippen LogP contribution in [0.3, 0.4) is 0 Å². The summed E-state index contributed by atoms with van der Waals surface area (Å²) in [6.07, 6.45) is 4.01. The number of amides is 1. The second kappa shape index (κ2) is 7.50. The summed E-state index contributed by atoms with van der Waals surface area (Å²) in [6, 6.07) is 18.5. The van der Waals surface area contributed by atoms with Crippen molar-refractivity contribution >= 4 is 5.91 Å². The minimum absolute atomic E-state index is 0.0857. The minimum Gasteiger partial charge on any atom is -0.508 e. The summed E-state index contributed by atoms with van der Waals surface area (Å²) in [5, 5.41) is 12.5. The molecule has 3 atom stereocenters. The zero-order valence-corrected chi connectivity index (χ0v) is 15.0. The van der Waals surface area contributed by atoms with E-state index >= 15 is 0 Å². The van der Waals surface area contributed by atoms with Crippen molar-refractivity contribution in [2.45, 2.75) is 37.8 Å². The lowest BCUT2D eigenvalue weighted by molar-refractivity contribution is -0.125. The van der Waals surface area contributed by atoms with Crippen molar-refractivity contribution in [3.8, 4) is 5.75 Å². The quantitative estimate of drug-likeness (QED) is 0.870. The number of aromatic hydroxyl groups is 1. The van der Waals surface area contributed by atoms with E-state index in [-0.39, 0.29) is 17.6 Å². The van der Waals surface area contributed by atoms with E-state index in [1.807, 2.05) is 18.2 Å². The zero-order chi connectivity index (χ0) is 17.9. The van der Waals surface area contributed by atoms with Gasteiger partial charge in [-0.3, -0.25) is 9.69 Å². The van der Waals surface area contributed by atoms with Gasteiger partial charge in [-0.1, -0.05) is 42.5 Å². The molecule has 0 aliphatic carbocycles. The Hall–Kier alpha value is -2.33. The van der Waals surface area contributed by atoms with Gasteiger partial charge in [0.05, 0.1) is 5.92 Å². The molecular weight excluding hydrogens is 324 g/mol. The molecule has 4 rings (SSSR count). The van der Waals surface area contributed by atoms with Crippen LogP contribution < -0.4 is 5.32 Å². The molecule has 4 heteroatoms. The van der Waals surface area contributed by atoms with Gasteiger partial charge in [0.1, 0.15) is 5.75 Å². The standard InChI is InChI=1S/C22H26N2O2/c25-18-10-8-16(9-11-18)12-13-23-22(26)19-15-21(17-5-2-1-3-6-17)24-14-4-7-20(19)24/h1-3,5-6,8-11,19-21,25H,4,7,12-15H2,(H,23,26)/t19-,20+,21-/m0/s1. The number of hydrogen-bond donors (Lipinski definition) is 2. The first kappa shape index (κ1) is 17.1. The van der Waals surface area contributed by atoms with Crippen LogP contribution in [0.15, 0.2) is 54.6 Å². The van der Waals surface area contributed by atoms with Crippen LogP contribution in [0.25, 0.3) is 0 Å². The normalized spacial score (nSPS) is 25.2. The van der Waals surface area contributed by atoms with Crippen LogP contribution in [-0.2, 0) is 11.2 Å². The average Bonchev–Trinajstić information content (AvgIpc) is 3.26. The van der Waals surface area contributed by atoms with Crippen LogP contribution in [0, 0.1) is 5.92 Å². The number of nitrogens with one attached hydrogen (secondary N) is 1. The Balaban J connectivity index is 1.37. The lowest BCUT2D eigenvalue weighted by Crippen LogP contribution is -2.38. The molecule has 0 spiro atoms. The molecule has 2 N–H and O–H groups in total. The molecule has 26 heavy (non-hydrogen) atoms. The molecule has 0 saturated carbocycles. The van der Waals surface area contributed by atoms with E-state index in [2.05, 4.69) is 34.5 Å². The van der Waals surface area contributed by atoms with Gasteiger partial charge in [0, 0.05) is 18.6 Å². The zero-order valence-electron chi connectivity index (χ0n) is 15.0. The first-order valence-electron chi connectivity index (χ1n) is 9.58. The number of rotatable bonds is 5. The number of carbonyl (C=O) groups is 1. The molecule has 2 aromatic rings. The summed E-state index contributed by atoms with van der Waals surface area (Å²) in [5.41, 5.74) is 2.46. The summed E-state index contributed by atoms with van der Waals surface area (Å²) in [4.78, 5) is 15.4. The molecule has 2 aliphatic heterocycles. The van der Waals surface area contributed by atoms with Crippen LogP contribution in [0.5, 0.6) is 5.75 Å². The van der Waals surface area contributed by atoms with Gasteiger partial charge in [-0.25, -0.2) is 0 Å². The van der Waals surface area contributed by atoms with E-state index < -0.39 is 0 Å². The van der Waals surface area contributed by atoms with E-state index in [1.165, 1.54) is 12.0 Å². The van der Waals surface area contributed by atoms with E-state index in [9.17, 15) is 9.90 Å². The summed E-state index contributed by atoms with van der Waals surface area (Å²) < 4.78 is 0. The van der Waals surface area contributed by atoms with Crippen LogP contribution in [0.1, 0.15) is 36.4 Å². The Bertz CT molecular complexity index is 744. The number of fused-ring (bicyclic) bond motifs is 1. The fourth-order valence-electron chi connectivity index (χ4n) is 4.58. The maximum atomic E-state index is 12.8. The SMILES string of the molecule is O=C(NCCc1ccc(O)cc1)[C@H]1C[C@@H](c2ccccc2)N2CCC[C@H]12. The topological polar surface area (TPSA) is 52.6 Å². The van der Waals surface area contributed by atoms with E-state index in [1.54, 1.807) is 12.1 Å². The number of nitrogens with zero attached hydrogens (tertiary/aromatic N) is 1. The third kappa shape index (κ3) is 3.47. The second-order valence-electron chi connectivity index (χ2n) is 7.42. The van der Waals surface area contributed by atoms with Crippen molar-refractivity contribution in [3.63, 3.8) is 0 Å². The fourth-order valence-corrected chi connectivity index (χ4v) is 4.58. The maximum Gasteiger partial charge on any atom is 0.224 e. The molecule has 2 fully saturated rings. The maximum absolute atomic E-state index is 12.8. The highest BCUT2D eigenvalue weighted by molar-refractivity contribution is 5.80. The smallest absolute Gasteiger partial charge is 0.224 e. The van der Waals surface area contributed by atoms with Crippen molar-refractivity contribution in [2.75, 3.05) is 13.1 Å².